The number of carbonyl (C=O) groups is 1. The normalized spacial score (nSPS) is 12.2. The molecule has 0 radical (unpaired) electrons. The van der Waals surface area contributed by atoms with Crippen molar-refractivity contribution in [1.29, 1.82) is 0 Å². The van der Waals surface area contributed by atoms with Gasteiger partial charge in [0.2, 0.25) is 0 Å². The Balaban J connectivity index is 3.84. The van der Waals surface area contributed by atoms with Gasteiger partial charge in [0.05, 0.1) is 5.71 Å². The van der Waals surface area contributed by atoms with E-state index in [9.17, 15) is 4.79 Å². The van der Waals surface area contributed by atoms with E-state index in [1.54, 1.807) is 11.8 Å². The predicted molar refractivity (Wildman–Crippen MR) is 51.6 cm³/mol. The van der Waals surface area contributed by atoms with E-state index in [0.717, 1.165) is 18.5 Å². The first-order valence-electron chi connectivity index (χ1n) is 3.71. The maximum absolute atomic E-state index is 10.4. The Morgan fingerprint density at radius 1 is 1.64 bits per heavy atom. The summed E-state index contributed by atoms with van der Waals surface area (Å²) < 4.78 is 0. The van der Waals surface area contributed by atoms with Crippen LogP contribution in [-0.2, 0) is 4.79 Å². The van der Waals surface area contributed by atoms with Crippen LogP contribution in [0.5, 0.6) is 0 Å². The topological polar surface area (TPSA) is 29.4 Å². The van der Waals surface area contributed by atoms with E-state index in [2.05, 4.69) is 4.99 Å². The van der Waals surface area contributed by atoms with E-state index in [-0.39, 0.29) is 6.04 Å². The standard InChI is InChI=1S/C8H15NOS/c1-7(2)9-8(6-10)4-5-11-3/h6-7H,4-5H2,1-3H3. The fourth-order valence-electron chi connectivity index (χ4n) is 0.692. The van der Waals surface area contributed by atoms with Gasteiger partial charge in [-0.05, 0) is 25.9 Å². The van der Waals surface area contributed by atoms with Gasteiger partial charge < -0.3 is 0 Å². The van der Waals surface area contributed by atoms with Crippen molar-refractivity contribution in [1.82, 2.24) is 0 Å². The van der Waals surface area contributed by atoms with Gasteiger partial charge in [0.15, 0.2) is 6.29 Å². The van der Waals surface area contributed by atoms with E-state index in [1.165, 1.54) is 0 Å². The summed E-state index contributed by atoms with van der Waals surface area (Å²) in [5, 5.41) is 0. The van der Waals surface area contributed by atoms with Gasteiger partial charge in [-0.3, -0.25) is 9.79 Å². The SMILES string of the molecule is CSCCC(C=O)=NC(C)C. The summed E-state index contributed by atoms with van der Waals surface area (Å²) in [7, 11) is 0. The highest BCUT2D eigenvalue weighted by Crippen LogP contribution is 1.98. The average Bonchev–Trinajstić information content (AvgIpc) is 1.97. The molecular weight excluding hydrogens is 158 g/mol. The largest absolute Gasteiger partial charge is 0.297 e. The number of nitrogens with zero attached hydrogens (tertiary/aromatic N) is 1. The van der Waals surface area contributed by atoms with E-state index in [4.69, 9.17) is 0 Å². The molecule has 0 atom stereocenters. The third-order valence-electron chi connectivity index (χ3n) is 1.12. The molecule has 0 unspecified atom stereocenters. The van der Waals surface area contributed by atoms with E-state index in [1.807, 2.05) is 20.1 Å². The van der Waals surface area contributed by atoms with Gasteiger partial charge in [-0.2, -0.15) is 11.8 Å². The van der Waals surface area contributed by atoms with Gasteiger partial charge >= 0.3 is 0 Å². The molecule has 0 rings (SSSR count). The second-order valence-electron chi connectivity index (χ2n) is 2.57. The molecule has 2 nitrogen and oxygen atoms in total. The van der Waals surface area contributed by atoms with Crippen LogP contribution in [0.3, 0.4) is 0 Å². The second kappa shape index (κ2) is 6.40. The molecule has 0 aliphatic heterocycles. The maximum atomic E-state index is 10.4. The number of aliphatic imine (C=N–C) groups is 1. The second-order valence-corrected chi connectivity index (χ2v) is 3.56. The third-order valence-corrected chi connectivity index (χ3v) is 1.73. The van der Waals surface area contributed by atoms with Crippen molar-refractivity contribution in [3.63, 3.8) is 0 Å². The summed E-state index contributed by atoms with van der Waals surface area (Å²) in [6.45, 7) is 3.95. The zero-order chi connectivity index (χ0) is 8.69. The number of hydrogen-bond acceptors (Lipinski definition) is 3. The van der Waals surface area contributed by atoms with Crippen LogP contribution in [0.2, 0.25) is 0 Å². The van der Waals surface area contributed by atoms with Crippen LogP contribution in [-0.4, -0.2) is 30.0 Å². The molecule has 0 heterocycles. The van der Waals surface area contributed by atoms with Crippen LogP contribution in [0.1, 0.15) is 20.3 Å². The molecule has 0 fully saturated rings. The molecule has 0 aromatic carbocycles. The van der Waals surface area contributed by atoms with Gasteiger partial charge in [0, 0.05) is 12.5 Å². The Labute approximate surface area is 72.5 Å². The summed E-state index contributed by atoms with van der Waals surface area (Å²) in [6, 6.07) is 0.233. The molecule has 0 N–H and O–H groups in total. The summed E-state index contributed by atoms with van der Waals surface area (Å²) in [6.07, 6.45) is 3.68. The smallest absolute Gasteiger partial charge is 0.163 e. The molecule has 0 aliphatic carbocycles. The van der Waals surface area contributed by atoms with Crippen molar-refractivity contribution < 1.29 is 4.79 Å². The molecule has 0 saturated carbocycles. The van der Waals surface area contributed by atoms with Crippen LogP contribution in [0.15, 0.2) is 4.99 Å². The first-order valence-corrected chi connectivity index (χ1v) is 5.11. The van der Waals surface area contributed by atoms with Gasteiger partial charge in [-0.1, -0.05) is 0 Å². The Morgan fingerprint density at radius 3 is 2.64 bits per heavy atom. The highest BCUT2D eigenvalue weighted by molar-refractivity contribution is 7.98. The molecule has 0 aromatic rings. The first kappa shape index (κ1) is 10.7. The maximum Gasteiger partial charge on any atom is 0.163 e. The van der Waals surface area contributed by atoms with Crippen LogP contribution < -0.4 is 0 Å². The van der Waals surface area contributed by atoms with Crippen LogP contribution >= 0.6 is 11.8 Å². The molecule has 0 saturated heterocycles. The molecular formula is C8H15NOS. The third kappa shape index (κ3) is 6.10. The van der Waals surface area contributed by atoms with Crippen molar-refractivity contribution in [3.8, 4) is 0 Å². The minimum atomic E-state index is 0.233. The quantitative estimate of drug-likeness (QED) is 0.468. The van der Waals surface area contributed by atoms with Gasteiger partial charge in [-0.25, -0.2) is 0 Å². The molecule has 0 spiro atoms. The van der Waals surface area contributed by atoms with Crippen molar-refractivity contribution in [2.45, 2.75) is 26.3 Å². The van der Waals surface area contributed by atoms with E-state index in [0.29, 0.717) is 5.71 Å². The molecule has 3 heteroatoms. The molecule has 0 aromatic heterocycles. The molecule has 0 bridgehead atoms. The number of hydrogen-bond donors (Lipinski definition) is 0. The van der Waals surface area contributed by atoms with Crippen LogP contribution in [0.4, 0.5) is 0 Å². The fraction of sp³-hybridized carbons (Fsp3) is 0.750. The highest BCUT2D eigenvalue weighted by Gasteiger charge is 1.97. The predicted octanol–water partition coefficient (Wildman–Crippen LogP) is 1.79. The van der Waals surface area contributed by atoms with Crippen molar-refractivity contribution in [2.24, 2.45) is 4.99 Å². The number of carbonyl (C=O) groups excluding carboxylic acids is 1. The van der Waals surface area contributed by atoms with Crippen molar-refractivity contribution in [2.75, 3.05) is 12.0 Å². The lowest BCUT2D eigenvalue weighted by Gasteiger charge is -1.99. The lowest BCUT2D eigenvalue weighted by atomic mass is 10.3. The minimum Gasteiger partial charge on any atom is -0.297 e. The lowest BCUT2D eigenvalue weighted by Crippen LogP contribution is -2.05. The number of rotatable bonds is 5. The van der Waals surface area contributed by atoms with Gasteiger partial charge in [0.1, 0.15) is 0 Å². The Bertz CT molecular complexity index is 143. The van der Waals surface area contributed by atoms with E-state index < -0.39 is 0 Å². The van der Waals surface area contributed by atoms with Crippen molar-refractivity contribution >= 4 is 23.8 Å². The molecule has 0 aliphatic rings. The summed E-state index contributed by atoms with van der Waals surface area (Å²) in [4.78, 5) is 14.6. The summed E-state index contributed by atoms with van der Waals surface area (Å²) >= 11 is 1.73. The average molecular weight is 173 g/mol. The van der Waals surface area contributed by atoms with Gasteiger partial charge in [0.25, 0.3) is 0 Å². The Hall–Kier alpha value is -0.310. The van der Waals surface area contributed by atoms with Crippen molar-refractivity contribution in [3.05, 3.63) is 0 Å². The van der Waals surface area contributed by atoms with E-state index >= 15 is 0 Å². The van der Waals surface area contributed by atoms with Crippen LogP contribution in [0.25, 0.3) is 0 Å². The first-order chi connectivity index (χ1) is 5.20. The van der Waals surface area contributed by atoms with Gasteiger partial charge in [-0.15, -0.1) is 0 Å². The zero-order valence-electron chi connectivity index (χ0n) is 7.33. The lowest BCUT2D eigenvalue weighted by molar-refractivity contribution is -0.102. The zero-order valence-corrected chi connectivity index (χ0v) is 8.15. The minimum absolute atomic E-state index is 0.233. The van der Waals surface area contributed by atoms with Crippen LogP contribution in [0, 0.1) is 0 Å². The number of aldehydes is 1. The monoisotopic (exact) mass is 173 g/mol. The fourth-order valence-corrected chi connectivity index (χ4v) is 1.11. The highest BCUT2D eigenvalue weighted by atomic mass is 32.2. The Morgan fingerprint density at radius 2 is 2.27 bits per heavy atom. The number of thioether (sulfide) groups is 1. The molecule has 11 heavy (non-hydrogen) atoms. The summed E-state index contributed by atoms with van der Waals surface area (Å²) in [5.74, 6) is 0.976. The summed E-state index contributed by atoms with van der Waals surface area (Å²) in [5.41, 5.74) is 0.689. The molecule has 64 valence electrons. The molecule has 0 amide bonds. The Kier molecular flexibility index (Phi) is 6.22.